The van der Waals surface area contributed by atoms with Crippen LogP contribution in [0.5, 0.6) is 0 Å². The minimum absolute atomic E-state index is 0.434. The molecule has 2 aromatic rings. The number of nitrogens with one attached hydrogen (secondary N) is 1. The average Bonchev–Trinajstić information content (AvgIpc) is 2.44. The maximum absolute atomic E-state index is 5.52. The third kappa shape index (κ3) is 2.38. The Morgan fingerprint density at radius 3 is 2.72 bits per heavy atom. The van der Waals surface area contributed by atoms with Gasteiger partial charge in [-0.3, -0.25) is 0 Å². The summed E-state index contributed by atoms with van der Waals surface area (Å²) in [5.74, 6) is 0. The summed E-state index contributed by atoms with van der Waals surface area (Å²) in [6, 6.07) is 13.1. The van der Waals surface area contributed by atoms with Crippen molar-refractivity contribution < 1.29 is 4.74 Å². The molecule has 1 fully saturated rings. The summed E-state index contributed by atoms with van der Waals surface area (Å²) in [7, 11) is 0. The lowest BCUT2D eigenvalue weighted by molar-refractivity contribution is 0.0876. The van der Waals surface area contributed by atoms with Gasteiger partial charge in [0.05, 0.1) is 6.61 Å². The highest BCUT2D eigenvalue weighted by molar-refractivity contribution is 9.10. The van der Waals surface area contributed by atoms with Gasteiger partial charge in [0.1, 0.15) is 0 Å². The van der Waals surface area contributed by atoms with Gasteiger partial charge in [0.15, 0.2) is 0 Å². The highest BCUT2D eigenvalue weighted by Gasteiger charge is 2.14. The van der Waals surface area contributed by atoms with Crippen molar-refractivity contribution >= 4 is 32.4 Å². The number of rotatable bonds is 2. The van der Waals surface area contributed by atoms with Gasteiger partial charge in [-0.1, -0.05) is 40.2 Å². The maximum atomic E-state index is 5.52. The average molecular weight is 306 g/mol. The van der Waals surface area contributed by atoms with E-state index in [1.54, 1.807) is 0 Å². The largest absolute Gasteiger partial charge is 0.379 e. The first-order valence-electron chi connectivity index (χ1n) is 6.36. The van der Waals surface area contributed by atoms with Gasteiger partial charge in [0.25, 0.3) is 0 Å². The predicted molar refractivity (Wildman–Crippen MR) is 79.1 cm³/mol. The zero-order valence-electron chi connectivity index (χ0n) is 10.2. The van der Waals surface area contributed by atoms with Gasteiger partial charge < -0.3 is 10.1 Å². The van der Waals surface area contributed by atoms with Crippen molar-refractivity contribution in [3.63, 3.8) is 0 Å². The van der Waals surface area contributed by atoms with Gasteiger partial charge in [0.2, 0.25) is 0 Å². The van der Waals surface area contributed by atoms with E-state index < -0.39 is 0 Å². The zero-order valence-corrected chi connectivity index (χ0v) is 11.7. The summed E-state index contributed by atoms with van der Waals surface area (Å²) >= 11 is 3.60. The van der Waals surface area contributed by atoms with Crippen LogP contribution in [0.1, 0.15) is 12.8 Å². The van der Waals surface area contributed by atoms with E-state index in [9.17, 15) is 0 Å². The molecule has 0 radical (unpaired) electrons. The summed E-state index contributed by atoms with van der Waals surface area (Å²) in [5, 5.41) is 6.12. The van der Waals surface area contributed by atoms with Gasteiger partial charge in [-0.2, -0.15) is 0 Å². The van der Waals surface area contributed by atoms with Crippen LogP contribution in [0.15, 0.2) is 40.9 Å². The molecule has 0 bridgehead atoms. The van der Waals surface area contributed by atoms with Gasteiger partial charge in [-0.05, 0) is 30.4 Å². The minimum atomic E-state index is 0.434. The molecule has 0 aliphatic carbocycles. The van der Waals surface area contributed by atoms with Crippen LogP contribution >= 0.6 is 15.9 Å². The fraction of sp³-hybridized carbons (Fsp3) is 0.333. The second kappa shape index (κ2) is 5.29. The first-order chi connectivity index (χ1) is 8.84. The summed E-state index contributed by atoms with van der Waals surface area (Å²) in [4.78, 5) is 0. The van der Waals surface area contributed by atoms with E-state index in [1.807, 2.05) is 0 Å². The zero-order chi connectivity index (χ0) is 12.4. The fourth-order valence-electron chi connectivity index (χ4n) is 2.46. The lowest BCUT2D eigenvalue weighted by Gasteiger charge is -2.25. The van der Waals surface area contributed by atoms with Crippen molar-refractivity contribution in [3.05, 3.63) is 40.9 Å². The highest BCUT2D eigenvalue weighted by Crippen LogP contribution is 2.30. The van der Waals surface area contributed by atoms with E-state index >= 15 is 0 Å². The predicted octanol–water partition coefficient (Wildman–Crippen LogP) is 4.19. The van der Waals surface area contributed by atoms with E-state index in [0.29, 0.717) is 6.04 Å². The first-order valence-corrected chi connectivity index (χ1v) is 7.15. The Bertz CT molecular complexity index is 549. The number of benzene rings is 2. The smallest absolute Gasteiger partial charge is 0.0667 e. The Morgan fingerprint density at radius 1 is 1.11 bits per heavy atom. The SMILES string of the molecule is Brc1ccc(NC2CCCOC2)c2ccccc12. The maximum Gasteiger partial charge on any atom is 0.0667 e. The summed E-state index contributed by atoms with van der Waals surface area (Å²) in [6.45, 7) is 1.71. The number of hydrogen-bond donors (Lipinski definition) is 1. The number of hydrogen-bond acceptors (Lipinski definition) is 2. The van der Waals surface area contributed by atoms with Crippen LogP contribution < -0.4 is 5.32 Å². The van der Waals surface area contributed by atoms with Crippen molar-refractivity contribution in [3.8, 4) is 0 Å². The molecule has 3 rings (SSSR count). The Labute approximate surface area is 115 Å². The fourth-order valence-corrected chi connectivity index (χ4v) is 2.94. The standard InChI is InChI=1S/C15H16BrNO/c16-14-7-8-15(13-6-2-1-5-12(13)14)17-11-4-3-9-18-10-11/h1-2,5-8,11,17H,3-4,9-10H2. The molecule has 1 unspecified atom stereocenters. The summed E-state index contributed by atoms with van der Waals surface area (Å²) in [6.07, 6.45) is 2.33. The third-order valence-electron chi connectivity index (χ3n) is 3.39. The van der Waals surface area contributed by atoms with E-state index in [-0.39, 0.29) is 0 Å². The Hall–Kier alpha value is -1.06. The lowest BCUT2D eigenvalue weighted by atomic mass is 10.1. The second-order valence-electron chi connectivity index (χ2n) is 4.70. The molecule has 3 heteroatoms. The van der Waals surface area contributed by atoms with Gasteiger partial charge >= 0.3 is 0 Å². The van der Waals surface area contributed by atoms with Gasteiger partial charge in [-0.25, -0.2) is 0 Å². The third-order valence-corrected chi connectivity index (χ3v) is 4.08. The molecule has 0 amide bonds. The molecule has 1 N–H and O–H groups in total. The van der Waals surface area contributed by atoms with Crippen molar-refractivity contribution in [1.82, 2.24) is 0 Å². The van der Waals surface area contributed by atoms with E-state index in [4.69, 9.17) is 4.74 Å². The first kappa shape index (κ1) is 12.0. The molecule has 0 saturated carbocycles. The summed E-state index contributed by atoms with van der Waals surface area (Å²) in [5.41, 5.74) is 1.20. The van der Waals surface area contributed by atoms with Crippen molar-refractivity contribution in [2.45, 2.75) is 18.9 Å². The van der Waals surface area contributed by atoms with E-state index in [0.717, 1.165) is 24.1 Å². The topological polar surface area (TPSA) is 21.3 Å². The number of ether oxygens (including phenoxy) is 1. The molecule has 2 aromatic carbocycles. The molecule has 1 aliphatic heterocycles. The quantitative estimate of drug-likeness (QED) is 0.898. The van der Waals surface area contributed by atoms with Crippen molar-refractivity contribution in [1.29, 1.82) is 0 Å². The number of fused-ring (bicyclic) bond motifs is 1. The lowest BCUT2D eigenvalue weighted by Crippen LogP contribution is -2.29. The van der Waals surface area contributed by atoms with E-state index in [2.05, 4.69) is 57.6 Å². The van der Waals surface area contributed by atoms with Crippen molar-refractivity contribution in [2.75, 3.05) is 18.5 Å². The molecule has 0 aromatic heterocycles. The Balaban J connectivity index is 1.94. The Kier molecular flexibility index (Phi) is 3.52. The van der Waals surface area contributed by atoms with Crippen LogP contribution in [0.2, 0.25) is 0 Å². The van der Waals surface area contributed by atoms with Crippen LogP contribution in [-0.2, 0) is 4.74 Å². The van der Waals surface area contributed by atoms with Crippen molar-refractivity contribution in [2.24, 2.45) is 0 Å². The van der Waals surface area contributed by atoms with Crippen LogP contribution in [0.4, 0.5) is 5.69 Å². The highest BCUT2D eigenvalue weighted by atomic mass is 79.9. The van der Waals surface area contributed by atoms with Crippen LogP contribution in [0, 0.1) is 0 Å². The molecule has 0 spiro atoms. The van der Waals surface area contributed by atoms with Gasteiger partial charge in [0, 0.05) is 28.2 Å². The molecule has 1 saturated heterocycles. The Morgan fingerprint density at radius 2 is 1.94 bits per heavy atom. The normalized spacial score (nSPS) is 19.9. The molecule has 1 heterocycles. The minimum Gasteiger partial charge on any atom is -0.379 e. The molecular weight excluding hydrogens is 290 g/mol. The molecule has 18 heavy (non-hydrogen) atoms. The summed E-state index contributed by atoms with van der Waals surface area (Å²) < 4.78 is 6.66. The number of halogens is 1. The van der Waals surface area contributed by atoms with Crippen LogP contribution in [-0.4, -0.2) is 19.3 Å². The van der Waals surface area contributed by atoms with E-state index in [1.165, 1.54) is 22.9 Å². The molecule has 2 nitrogen and oxygen atoms in total. The van der Waals surface area contributed by atoms with Crippen LogP contribution in [0.3, 0.4) is 0 Å². The number of anilines is 1. The van der Waals surface area contributed by atoms with Crippen LogP contribution in [0.25, 0.3) is 10.8 Å². The molecular formula is C15H16BrNO. The molecule has 1 atom stereocenters. The second-order valence-corrected chi connectivity index (χ2v) is 5.55. The monoisotopic (exact) mass is 305 g/mol. The molecule has 1 aliphatic rings. The molecule has 94 valence electrons. The van der Waals surface area contributed by atoms with Gasteiger partial charge in [-0.15, -0.1) is 0 Å².